The van der Waals surface area contributed by atoms with Crippen molar-refractivity contribution in [1.29, 1.82) is 0 Å². The monoisotopic (exact) mass is 333 g/mol. The van der Waals surface area contributed by atoms with E-state index in [9.17, 15) is 0 Å². The zero-order valence-corrected chi connectivity index (χ0v) is 14.7. The minimum Gasteiger partial charge on any atom is -0.240 e. The van der Waals surface area contributed by atoms with Crippen LogP contribution in [0.2, 0.25) is 0 Å². The van der Waals surface area contributed by atoms with Crippen LogP contribution < -0.4 is 0 Å². The molecule has 0 aliphatic rings. The highest BCUT2D eigenvalue weighted by Gasteiger charge is 2.19. The van der Waals surface area contributed by atoms with Gasteiger partial charge in [-0.05, 0) is 36.1 Å². The van der Waals surface area contributed by atoms with Crippen molar-refractivity contribution in [2.75, 3.05) is 0 Å². The van der Waals surface area contributed by atoms with E-state index in [2.05, 4.69) is 50.2 Å². The highest BCUT2D eigenvalue weighted by Crippen LogP contribution is 2.31. The van der Waals surface area contributed by atoms with Gasteiger partial charge in [-0.3, -0.25) is 0 Å². The van der Waals surface area contributed by atoms with E-state index >= 15 is 0 Å². The summed E-state index contributed by atoms with van der Waals surface area (Å²) in [5, 5.41) is 0.588. The van der Waals surface area contributed by atoms with Gasteiger partial charge in [0.15, 0.2) is 0 Å². The Balaban J connectivity index is 2.11. The van der Waals surface area contributed by atoms with Gasteiger partial charge in [0.05, 0.1) is 11.6 Å². The molecule has 24 heavy (non-hydrogen) atoms. The maximum absolute atomic E-state index is 6.74. The van der Waals surface area contributed by atoms with Crippen LogP contribution in [0, 0.1) is 13.8 Å². The summed E-state index contributed by atoms with van der Waals surface area (Å²) >= 11 is 6.74. The Bertz CT molecular complexity index is 779. The van der Waals surface area contributed by atoms with E-state index in [1.807, 2.05) is 42.5 Å². The number of hydrogen-bond donors (Lipinski definition) is 0. The highest BCUT2D eigenvalue weighted by atomic mass is 35.5. The van der Waals surface area contributed by atoms with Crippen molar-refractivity contribution in [3.8, 4) is 0 Å². The van der Waals surface area contributed by atoms with Crippen LogP contribution in [0.3, 0.4) is 0 Å². The van der Waals surface area contributed by atoms with Crippen molar-refractivity contribution >= 4 is 22.5 Å². The maximum Gasteiger partial charge on any atom is 0.118 e. The van der Waals surface area contributed by atoms with Gasteiger partial charge in [0.1, 0.15) is 5.17 Å². The van der Waals surface area contributed by atoms with Gasteiger partial charge in [0.2, 0.25) is 0 Å². The van der Waals surface area contributed by atoms with Crippen molar-refractivity contribution < 1.29 is 0 Å². The first kappa shape index (κ1) is 16.5. The van der Waals surface area contributed by atoms with Gasteiger partial charge in [-0.15, -0.1) is 0 Å². The van der Waals surface area contributed by atoms with E-state index in [4.69, 9.17) is 16.6 Å². The summed E-state index contributed by atoms with van der Waals surface area (Å²) in [6, 6.07) is 26.7. The summed E-state index contributed by atoms with van der Waals surface area (Å²) in [7, 11) is 0. The fourth-order valence-corrected chi connectivity index (χ4v) is 3.25. The molecule has 3 aromatic carbocycles. The van der Waals surface area contributed by atoms with Crippen LogP contribution in [-0.4, -0.2) is 5.17 Å². The number of aliphatic imine (C=N–C) groups is 1. The van der Waals surface area contributed by atoms with Crippen LogP contribution in [0.4, 0.5) is 5.69 Å². The average Bonchev–Trinajstić information content (AvgIpc) is 2.60. The molecule has 0 aliphatic heterocycles. The molecule has 3 aromatic rings. The molecule has 0 spiro atoms. The summed E-state index contributed by atoms with van der Waals surface area (Å²) in [4.78, 5) is 4.79. The van der Waals surface area contributed by atoms with Gasteiger partial charge in [0.25, 0.3) is 0 Å². The van der Waals surface area contributed by atoms with Gasteiger partial charge in [0, 0.05) is 0 Å². The number of hydrogen-bond acceptors (Lipinski definition) is 1. The van der Waals surface area contributed by atoms with Crippen molar-refractivity contribution in [1.82, 2.24) is 0 Å². The largest absolute Gasteiger partial charge is 0.240 e. The first-order valence-corrected chi connectivity index (χ1v) is 8.45. The van der Waals surface area contributed by atoms with E-state index in [0.717, 1.165) is 27.9 Å². The molecule has 0 atom stereocenters. The third-order valence-corrected chi connectivity index (χ3v) is 4.46. The van der Waals surface area contributed by atoms with Gasteiger partial charge >= 0.3 is 0 Å². The second-order valence-electron chi connectivity index (χ2n) is 5.93. The molecule has 3 rings (SSSR count). The SMILES string of the molecule is Cc1cccc(C)c1N=C(Cl)C(c1ccccc1)c1ccccc1. The van der Waals surface area contributed by atoms with Crippen molar-refractivity contribution in [2.45, 2.75) is 19.8 Å². The predicted molar refractivity (Wildman–Crippen MR) is 104 cm³/mol. The Hall–Kier alpha value is -2.38. The van der Waals surface area contributed by atoms with Gasteiger partial charge in [-0.1, -0.05) is 90.5 Å². The van der Waals surface area contributed by atoms with E-state index in [0.29, 0.717) is 5.17 Å². The first-order valence-electron chi connectivity index (χ1n) is 8.07. The van der Waals surface area contributed by atoms with Crippen molar-refractivity contribution in [3.63, 3.8) is 0 Å². The molecule has 0 saturated carbocycles. The molecule has 0 amide bonds. The number of nitrogens with zero attached hydrogens (tertiary/aromatic N) is 1. The van der Waals surface area contributed by atoms with Crippen LogP contribution in [0.1, 0.15) is 28.2 Å². The van der Waals surface area contributed by atoms with Crippen molar-refractivity contribution in [3.05, 3.63) is 101 Å². The average molecular weight is 334 g/mol. The number of benzene rings is 3. The summed E-state index contributed by atoms with van der Waals surface area (Å²) < 4.78 is 0. The molecule has 0 radical (unpaired) electrons. The third kappa shape index (κ3) is 3.58. The topological polar surface area (TPSA) is 12.4 Å². The Labute approximate surface area is 148 Å². The van der Waals surface area contributed by atoms with Gasteiger partial charge in [-0.2, -0.15) is 0 Å². The summed E-state index contributed by atoms with van der Waals surface area (Å²) in [6.07, 6.45) is 0. The Morgan fingerprint density at radius 3 is 1.62 bits per heavy atom. The second-order valence-corrected chi connectivity index (χ2v) is 6.32. The minimum atomic E-state index is -0.0620. The van der Waals surface area contributed by atoms with Gasteiger partial charge in [-0.25, -0.2) is 4.99 Å². The first-order chi connectivity index (χ1) is 11.7. The molecular weight excluding hydrogens is 314 g/mol. The molecular formula is C22H20ClN. The quantitative estimate of drug-likeness (QED) is 0.489. The molecule has 1 nitrogen and oxygen atoms in total. The Morgan fingerprint density at radius 1 is 0.708 bits per heavy atom. The molecule has 0 fully saturated rings. The van der Waals surface area contributed by atoms with Crippen LogP contribution >= 0.6 is 11.6 Å². The third-order valence-electron chi connectivity index (χ3n) is 4.16. The highest BCUT2D eigenvalue weighted by molar-refractivity contribution is 6.67. The lowest BCUT2D eigenvalue weighted by atomic mass is 9.92. The summed E-state index contributed by atoms with van der Waals surface area (Å²) in [5.74, 6) is -0.0620. The number of para-hydroxylation sites is 1. The standard InChI is InChI=1S/C22H20ClN/c1-16-10-9-11-17(2)21(16)24-22(23)20(18-12-5-3-6-13-18)19-14-7-4-8-15-19/h3-15,20H,1-2H3. The molecule has 0 heterocycles. The van der Waals surface area contributed by atoms with E-state index in [1.165, 1.54) is 0 Å². The maximum atomic E-state index is 6.74. The smallest absolute Gasteiger partial charge is 0.118 e. The second kappa shape index (κ2) is 7.46. The molecule has 0 saturated heterocycles. The lowest BCUT2D eigenvalue weighted by molar-refractivity contribution is 1.09. The molecule has 2 heteroatoms. The summed E-state index contributed by atoms with van der Waals surface area (Å²) in [5.41, 5.74) is 5.51. The zero-order valence-electron chi connectivity index (χ0n) is 13.9. The molecule has 0 unspecified atom stereocenters. The molecule has 0 bridgehead atoms. The minimum absolute atomic E-state index is 0.0620. The van der Waals surface area contributed by atoms with Gasteiger partial charge < -0.3 is 0 Å². The van der Waals surface area contributed by atoms with Crippen LogP contribution in [0.5, 0.6) is 0 Å². The molecule has 120 valence electrons. The lowest BCUT2D eigenvalue weighted by Crippen LogP contribution is -2.09. The van der Waals surface area contributed by atoms with Crippen LogP contribution in [-0.2, 0) is 0 Å². The lowest BCUT2D eigenvalue weighted by Gasteiger charge is -2.17. The Kier molecular flexibility index (Phi) is 5.12. The molecule has 0 aromatic heterocycles. The zero-order chi connectivity index (χ0) is 16.9. The van der Waals surface area contributed by atoms with E-state index in [1.54, 1.807) is 0 Å². The normalized spacial score (nSPS) is 11.8. The molecule has 0 aliphatic carbocycles. The Morgan fingerprint density at radius 2 is 1.17 bits per heavy atom. The fraction of sp³-hybridized carbons (Fsp3) is 0.136. The predicted octanol–water partition coefficient (Wildman–Crippen LogP) is 6.40. The van der Waals surface area contributed by atoms with Crippen molar-refractivity contribution in [2.24, 2.45) is 4.99 Å². The number of aryl methyl sites for hydroxylation is 2. The van der Waals surface area contributed by atoms with E-state index < -0.39 is 0 Å². The fourth-order valence-electron chi connectivity index (χ4n) is 2.91. The number of rotatable bonds is 4. The van der Waals surface area contributed by atoms with Crippen LogP contribution in [0.15, 0.2) is 83.9 Å². The van der Waals surface area contributed by atoms with E-state index in [-0.39, 0.29) is 5.92 Å². The van der Waals surface area contributed by atoms with Crippen LogP contribution in [0.25, 0.3) is 0 Å². The molecule has 0 N–H and O–H groups in total. The number of halogens is 1. The summed E-state index contributed by atoms with van der Waals surface area (Å²) in [6.45, 7) is 4.13.